The molecule has 1 N–H and O–H groups in total. The third kappa shape index (κ3) is 3.87. The van der Waals surface area contributed by atoms with Crippen molar-refractivity contribution >= 4 is 11.4 Å². The lowest BCUT2D eigenvalue weighted by Gasteiger charge is -2.12. The van der Waals surface area contributed by atoms with Crippen molar-refractivity contribution in [2.24, 2.45) is 10.2 Å². The molecule has 2 rings (SSSR count). The van der Waals surface area contributed by atoms with Gasteiger partial charge >= 0.3 is 0 Å². The van der Waals surface area contributed by atoms with Gasteiger partial charge in [0.2, 0.25) is 5.75 Å². The fraction of sp³-hybridized carbons (Fsp3) is 0.294. The Bertz CT molecular complexity index is 706. The summed E-state index contributed by atoms with van der Waals surface area (Å²) in [5.41, 5.74) is 1.02. The van der Waals surface area contributed by atoms with E-state index in [-0.39, 0.29) is 5.75 Å². The number of hydrogen-bond acceptors (Lipinski definition) is 7. The fourth-order valence-electron chi connectivity index (χ4n) is 2.09. The molecule has 0 aliphatic heterocycles. The van der Waals surface area contributed by atoms with Gasteiger partial charge in [-0.2, -0.15) is 10.2 Å². The predicted octanol–water partition coefficient (Wildman–Crippen LogP) is 4.23. The van der Waals surface area contributed by atoms with E-state index in [1.807, 2.05) is 6.92 Å². The second-order valence-electron chi connectivity index (χ2n) is 4.67. The first-order chi connectivity index (χ1) is 11.6. The number of methoxy groups -OCH3 is 3. The van der Waals surface area contributed by atoms with Crippen molar-refractivity contribution in [3.63, 3.8) is 0 Å². The van der Waals surface area contributed by atoms with Crippen molar-refractivity contribution in [2.45, 2.75) is 6.92 Å². The van der Waals surface area contributed by atoms with E-state index in [2.05, 4.69) is 10.2 Å². The average molecular weight is 332 g/mol. The highest BCUT2D eigenvalue weighted by Crippen LogP contribution is 2.41. The molecule has 0 atom stereocenters. The second-order valence-corrected chi connectivity index (χ2v) is 4.67. The van der Waals surface area contributed by atoms with Crippen molar-refractivity contribution < 1.29 is 24.1 Å². The molecule has 0 saturated carbocycles. The summed E-state index contributed by atoms with van der Waals surface area (Å²) in [4.78, 5) is 0. The Morgan fingerprint density at radius 2 is 1.46 bits per heavy atom. The highest BCUT2D eigenvalue weighted by Gasteiger charge is 2.13. The van der Waals surface area contributed by atoms with Gasteiger partial charge in [-0.05, 0) is 19.1 Å². The lowest BCUT2D eigenvalue weighted by molar-refractivity contribution is 0.318. The minimum atomic E-state index is 0.0122. The largest absolute Gasteiger partial charge is 0.504 e. The summed E-state index contributed by atoms with van der Waals surface area (Å²) >= 11 is 0. The summed E-state index contributed by atoms with van der Waals surface area (Å²) in [7, 11) is 4.59. The molecule has 24 heavy (non-hydrogen) atoms. The molecule has 0 bridgehead atoms. The third-order valence-electron chi connectivity index (χ3n) is 3.17. The predicted molar refractivity (Wildman–Crippen MR) is 89.5 cm³/mol. The molecule has 0 aromatic heterocycles. The summed E-state index contributed by atoms with van der Waals surface area (Å²) in [5, 5.41) is 18.1. The lowest BCUT2D eigenvalue weighted by atomic mass is 10.2. The zero-order valence-corrected chi connectivity index (χ0v) is 14.1. The number of nitrogens with zero attached hydrogens (tertiary/aromatic N) is 2. The molecule has 7 nitrogen and oxygen atoms in total. The van der Waals surface area contributed by atoms with Gasteiger partial charge in [0.25, 0.3) is 0 Å². The molecule has 0 radical (unpaired) electrons. The third-order valence-corrected chi connectivity index (χ3v) is 3.17. The van der Waals surface area contributed by atoms with Crippen LogP contribution in [-0.2, 0) is 0 Å². The second kappa shape index (κ2) is 8.05. The summed E-state index contributed by atoms with van der Waals surface area (Å²) in [6.07, 6.45) is 0. The van der Waals surface area contributed by atoms with Crippen molar-refractivity contribution in [3.8, 4) is 28.7 Å². The first-order valence-corrected chi connectivity index (χ1v) is 7.30. The van der Waals surface area contributed by atoms with Gasteiger partial charge in [0.15, 0.2) is 23.0 Å². The van der Waals surface area contributed by atoms with Crippen molar-refractivity contribution in [1.82, 2.24) is 0 Å². The number of hydrogen-bond donors (Lipinski definition) is 1. The smallest absolute Gasteiger partial charge is 0.203 e. The zero-order chi connectivity index (χ0) is 17.5. The number of rotatable bonds is 7. The quantitative estimate of drug-likeness (QED) is 0.767. The van der Waals surface area contributed by atoms with Gasteiger partial charge in [-0.1, -0.05) is 0 Å². The minimum absolute atomic E-state index is 0.0122. The molecule has 0 fully saturated rings. The Kier molecular flexibility index (Phi) is 5.83. The average Bonchev–Trinajstić information content (AvgIpc) is 2.61. The van der Waals surface area contributed by atoms with Gasteiger partial charge in [0, 0.05) is 18.2 Å². The van der Waals surface area contributed by atoms with Crippen LogP contribution in [0.2, 0.25) is 0 Å². The standard InChI is InChI=1S/C17H20N2O5/c1-5-24-14-7-6-11(8-13(14)20)18-19-12-9-15(21-2)17(23-4)16(10-12)22-3/h6-10,20H,5H2,1-4H3. The molecular weight excluding hydrogens is 312 g/mol. The maximum absolute atomic E-state index is 9.87. The van der Waals surface area contributed by atoms with E-state index >= 15 is 0 Å². The van der Waals surface area contributed by atoms with Gasteiger partial charge in [0.05, 0.1) is 39.3 Å². The van der Waals surface area contributed by atoms with E-state index in [9.17, 15) is 5.11 Å². The van der Waals surface area contributed by atoms with E-state index < -0.39 is 0 Å². The summed E-state index contributed by atoms with van der Waals surface area (Å²) in [6.45, 7) is 2.32. The van der Waals surface area contributed by atoms with Crippen LogP contribution in [0.5, 0.6) is 28.7 Å². The summed E-state index contributed by atoms with van der Waals surface area (Å²) in [6, 6.07) is 8.18. The lowest BCUT2D eigenvalue weighted by Crippen LogP contribution is -1.94. The molecule has 0 spiro atoms. The number of ether oxygens (including phenoxy) is 4. The molecule has 2 aromatic rings. The van der Waals surface area contributed by atoms with E-state index in [0.717, 1.165) is 0 Å². The van der Waals surface area contributed by atoms with Crippen LogP contribution in [-0.4, -0.2) is 33.0 Å². The number of benzene rings is 2. The van der Waals surface area contributed by atoms with Gasteiger partial charge in [-0.15, -0.1) is 0 Å². The molecule has 0 amide bonds. The molecule has 0 aliphatic carbocycles. The van der Waals surface area contributed by atoms with Crippen LogP contribution < -0.4 is 18.9 Å². The van der Waals surface area contributed by atoms with Crippen LogP contribution in [0.1, 0.15) is 6.92 Å². The number of azo groups is 1. The van der Waals surface area contributed by atoms with Gasteiger partial charge < -0.3 is 24.1 Å². The highest BCUT2D eigenvalue weighted by atomic mass is 16.5. The molecule has 2 aromatic carbocycles. The minimum Gasteiger partial charge on any atom is -0.504 e. The Morgan fingerprint density at radius 1 is 0.833 bits per heavy atom. The summed E-state index contributed by atoms with van der Waals surface area (Å²) < 4.78 is 21.1. The molecule has 0 aliphatic rings. The number of phenols is 1. The topological polar surface area (TPSA) is 81.9 Å². The van der Waals surface area contributed by atoms with Crippen LogP contribution >= 0.6 is 0 Å². The number of phenolic OH excluding ortho intramolecular Hbond substituents is 1. The first-order valence-electron chi connectivity index (χ1n) is 7.30. The maximum atomic E-state index is 9.87. The Labute approximate surface area is 140 Å². The fourth-order valence-corrected chi connectivity index (χ4v) is 2.09. The monoisotopic (exact) mass is 332 g/mol. The zero-order valence-electron chi connectivity index (χ0n) is 14.1. The Hall–Kier alpha value is -2.96. The molecule has 0 unspecified atom stereocenters. The van der Waals surface area contributed by atoms with Gasteiger partial charge in [-0.3, -0.25) is 0 Å². The molecule has 128 valence electrons. The van der Waals surface area contributed by atoms with Gasteiger partial charge in [0.1, 0.15) is 0 Å². The van der Waals surface area contributed by atoms with E-state index in [1.165, 1.54) is 27.4 Å². The van der Waals surface area contributed by atoms with Crippen molar-refractivity contribution in [2.75, 3.05) is 27.9 Å². The van der Waals surface area contributed by atoms with E-state index in [4.69, 9.17) is 18.9 Å². The maximum Gasteiger partial charge on any atom is 0.203 e. The van der Waals surface area contributed by atoms with E-state index in [0.29, 0.717) is 41.0 Å². The van der Waals surface area contributed by atoms with E-state index in [1.54, 1.807) is 24.3 Å². The van der Waals surface area contributed by atoms with Crippen LogP contribution in [0, 0.1) is 0 Å². The van der Waals surface area contributed by atoms with Crippen LogP contribution in [0.25, 0.3) is 0 Å². The molecule has 0 heterocycles. The molecule has 7 heteroatoms. The normalized spacial score (nSPS) is 10.7. The SMILES string of the molecule is CCOc1ccc(N=Nc2cc(OC)c(OC)c(OC)c2)cc1O. The Balaban J connectivity index is 2.30. The van der Waals surface area contributed by atoms with Crippen molar-refractivity contribution in [1.29, 1.82) is 0 Å². The molecular formula is C17H20N2O5. The van der Waals surface area contributed by atoms with Crippen LogP contribution in [0.4, 0.5) is 11.4 Å². The summed E-state index contributed by atoms with van der Waals surface area (Å²) in [5.74, 6) is 1.88. The van der Waals surface area contributed by atoms with Crippen LogP contribution in [0.15, 0.2) is 40.6 Å². The highest BCUT2D eigenvalue weighted by molar-refractivity contribution is 5.60. The van der Waals surface area contributed by atoms with Crippen LogP contribution in [0.3, 0.4) is 0 Å². The number of aromatic hydroxyl groups is 1. The first kappa shape index (κ1) is 17.4. The Morgan fingerprint density at radius 3 is 1.96 bits per heavy atom. The molecule has 0 saturated heterocycles. The van der Waals surface area contributed by atoms with Crippen molar-refractivity contribution in [3.05, 3.63) is 30.3 Å². The van der Waals surface area contributed by atoms with Gasteiger partial charge in [-0.25, -0.2) is 0 Å².